The van der Waals surface area contributed by atoms with Gasteiger partial charge in [0.25, 0.3) is 0 Å². The summed E-state index contributed by atoms with van der Waals surface area (Å²) in [5, 5.41) is 3.11. The Bertz CT molecular complexity index is 1000. The molecule has 5 nitrogen and oxygen atoms in total. The van der Waals surface area contributed by atoms with E-state index in [4.69, 9.17) is 9.72 Å². The molecular formula is C23H24FN3O2S2. The number of hydrogen-bond acceptors (Lipinski definition) is 6. The van der Waals surface area contributed by atoms with Crippen LogP contribution in [0.3, 0.4) is 0 Å². The highest BCUT2D eigenvalue weighted by atomic mass is 32.2. The summed E-state index contributed by atoms with van der Waals surface area (Å²) in [7, 11) is 1.66. The van der Waals surface area contributed by atoms with Gasteiger partial charge in [-0.25, -0.2) is 9.37 Å². The lowest BCUT2D eigenvalue weighted by Crippen LogP contribution is -2.48. The highest BCUT2D eigenvalue weighted by molar-refractivity contribution is 8.00. The van der Waals surface area contributed by atoms with Gasteiger partial charge in [0.1, 0.15) is 16.6 Å². The fourth-order valence-corrected chi connectivity index (χ4v) is 5.02. The normalized spacial score (nSPS) is 14.6. The summed E-state index contributed by atoms with van der Waals surface area (Å²) < 4.78 is 18.2. The summed E-state index contributed by atoms with van der Waals surface area (Å²) in [6.07, 6.45) is 0. The van der Waals surface area contributed by atoms with Gasteiger partial charge in [-0.1, -0.05) is 0 Å². The molecule has 0 saturated carbocycles. The monoisotopic (exact) mass is 457 g/mol. The smallest absolute Gasteiger partial charge is 0.233 e. The number of benzene rings is 2. The lowest BCUT2D eigenvalue weighted by Gasteiger charge is -2.34. The van der Waals surface area contributed by atoms with Crippen LogP contribution in [0.15, 0.2) is 58.8 Å². The van der Waals surface area contributed by atoms with Crippen molar-refractivity contribution in [3.8, 4) is 16.3 Å². The summed E-state index contributed by atoms with van der Waals surface area (Å²) in [5.41, 5.74) is 2.15. The van der Waals surface area contributed by atoms with Crippen LogP contribution in [0.2, 0.25) is 0 Å². The molecule has 0 atom stereocenters. The van der Waals surface area contributed by atoms with E-state index in [1.54, 1.807) is 30.6 Å². The third-order valence-electron chi connectivity index (χ3n) is 5.18. The van der Waals surface area contributed by atoms with Crippen LogP contribution in [0.4, 0.5) is 4.39 Å². The van der Waals surface area contributed by atoms with Crippen LogP contribution < -0.4 is 4.74 Å². The van der Waals surface area contributed by atoms with E-state index in [2.05, 4.69) is 10.3 Å². The summed E-state index contributed by atoms with van der Waals surface area (Å²) in [5.74, 6) is 1.08. The molecule has 0 N–H and O–H groups in total. The van der Waals surface area contributed by atoms with Crippen molar-refractivity contribution in [2.24, 2.45) is 0 Å². The van der Waals surface area contributed by atoms with E-state index in [9.17, 15) is 9.18 Å². The van der Waals surface area contributed by atoms with Gasteiger partial charge in [0.05, 0.1) is 18.6 Å². The number of piperazine rings is 1. The van der Waals surface area contributed by atoms with Gasteiger partial charge in [0, 0.05) is 48.6 Å². The molecule has 1 saturated heterocycles. The topological polar surface area (TPSA) is 45.7 Å². The molecule has 0 bridgehead atoms. The van der Waals surface area contributed by atoms with E-state index < -0.39 is 0 Å². The highest BCUT2D eigenvalue weighted by Crippen LogP contribution is 2.26. The third-order valence-corrected chi connectivity index (χ3v) is 7.11. The zero-order chi connectivity index (χ0) is 21.6. The lowest BCUT2D eigenvalue weighted by molar-refractivity contribution is -0.130. The van der Waals surface area contributed by atoms with Gasteiger partial charge in [-0.05, 0) is 48.5 Å². The number of carbonyl (C=O) groups excluding carboxylic acids is 1. The Morgan fingerprint density at radius 3 is 2.48 bits per heavy atom. The maximum atomic E-state index is 13.0. The van der Waals surface area contributed by atoms with Crippen LogP contribution in [0, 0.1) is 5.82 Å². The van der Waals surface area contributed by atoms with E-state index in [1.165, 1.54) is 23.9 Å². The predicted molar refractivity (Wildman–Crippen MR) is 123 cm³/mol. The van der Waals surface area contributed by atoms with Gasteiger partial charge in [-0.3, -0.25) is 9.69 Å². The number of ether oxygens (including phenoxy) is 1. The van der Waals surface area contributed by atoms with Crippen molar-refractivity contribution in [1.29, 1.82) is 0 Å². The quantitative estimate of drug-likeness (QED) is 0.493. The maximum absolute atomic E-state index is 13.0. The van der Waals surface area contributed by atoms with Crippen LogP contribution in [0.1, 0.15) is 5.69 Å². The van der Waals surface area contributed by atoms with Crippen molar-refractivity contribution in [2.45, 2.75) is 11.4 Å². The second kappa shape index (κ2) is 10.3. The molecular weight excluding hydrogens is 433 g/mol. The maximum Gasteiger partial charge on any atom is 0.233 e. The summed E-state index contributed by atoms with van der Waals surface area (Å²) in [6, 6.07) is 14.2. The van der Waals surface area contributed by atoms with Gasteiger partial charge < -0.3 is 9.64 Å². The van der Waals surface area contributed by atoms with Gasteiger partial charge in [-0.2, -0.15) is 0 Å². The molecule has 1 aliphatic rings. The molecule has 0 radical (unpaired) electrons. The first-order chi connectivity index (χ1) is 15.1. The third kappa shape index (κ3) is 5.84. The van der Waals surface area contributed by atoms with Crippen molar-refractivity contribution >= 4 is 29.0 Å². The Balaban J connectivity index is 1.24. The molecule has 1 aromatic heterocycles. The minimum atomic E-state index is -0.261. The summed E-state index contributed by atoms with van der Waals surface area (Å²) >= 11 is 3.10. The highest BCUT2D eigenvalue weighted by Gasteiger charge is 2.21. The Hall–Kier alpha value is -2.42. The predicted octanol–water partition coefficient (Wildman–Crippen LogP) is 4.39. The van der Waals surface area contributed by atoms with Gasteiger partial charge in [0.2, 0.25) is 5.91 Å². The number of methoxy groups -OCH3 is 1. The minimum Gasteiger partial charge on any atom is -0.497 e. The van der Waals surface area contributed by atoms with E-state index in [0.29, 0.717) is 5.75 Å². The van der Waals surface area contributed by atoms with Crippen molar-refractivity contribution in [3.05, 3.63) is 65.4 Å². The molecule has 3 aromatic rings. The number of hydrogen-bond donors (Lipinski definition) is 0. The number of aromatic nitrogens is 1. The number of rotatable bonds is 7. The molecule has 4 rings (SSSR count). The fraction of sp³-hybridized carbons (Fsp3) is 0.304. The number of amides is 1. The zero-order valence-electron chi connectivity index (χ0n) is 17.3. The first-order valence-corrected chi connectivity index (χ1v) is 11.9. The molecule has 31 heavy (non-hydrogen) atoms. The molecule has 0 spiro atoms. The number of carbonyl (C=O) groups is 1. The summed E-state index contributed by atoms with van der Waals surface area (Å²) in [4.78, 5) is 22.4. The molecule has 2 aromatic carbocycles. The lowest BCUT2D eigenvalue weighted by atomic mass is 10.2. The number of thioether (sulfide) groups is 1. The number of thiazole rings is 1. The summed E-state index contributed by atoms with van der Waals surface area (Å²) in [6.45, 7) is 3.90. The molecule has 0 aliphatic carbocycles. The SMILES string of the molecule is COc1ccc(-c2nc(CN3CCN(C(=O)CSc4ccc(F)cc4)CC3)cs2)cc1. The molecule has 1 amide bonds. The number of halogens is 1. The first kappa shape index (κ1) is 21.8. The largest absolute Gasteiger partial charge is 0.497 e. The van der Waals surface area contributed by atoms with Crippen LogP contribution in [-0.4, -0.2) is 59.7 Å². The average molecular weight is 458 g/mol. The zero-order valence-corrected chi connectivity index (χ0v) is 18.9. The Kier molecular flexibility index (Phi) is 7.21. The van der Waals surface area contributed by atoms with Crippen LogP contribution in [0.25, 0.3) is 10.6 Å². The fourth-order valence-electron chi connectivity index (χ4n) is 3.40. The molecule has 1 fully saturated rings. The van der Waals surface area contributed by atoms with E-state index in [0.717, 1.165) is 59.6 Å². The van der Waals surface area contributed by atoms with E-state index >= 15 is 0 Å². The second-order valence-electron chi connectivity index (χ2n) is 7.27. The Morgan fingerprint density at radius 1 is 1.10 bits per heavy atom. The second-order valence-corrected chi connectivity index (χ2v) is 9.18. The van der Waals surface area contributed by atoms with Crippen molar-refractivity contribution in [1.82, 2.24) is 14.8 Å². The Labute approximate surface area is 189 Å². The molecule has 162 valence electrons. The van der Waals surface area contributed by atoms with Crippen LogP contribution in [-0.2, 0) is 11.3 Å². The van der Waals surface area contributed by atoms with Crippen LogP contribution in [0.5, 0.6) is 5.75 Å². The average Bonchev–Trinajstić information content (AvgIpc) is 3.27. The van der Waals surface area contributed by atoms with E-state index in [1.807, 2.05) is 29.2 Å². The minimum absolute atomic E-state index is 0.129. The van der Waals surface area contributed by atoms with Crippen molar-refractivity contribution < 1.29 is 13.9 Å². The van der Waals surface area contributed by atoms with E-state index in [-0.39, 0.29) is 11.7 Å². The van der Waals surface area contributed by atoms with Gasteiger partial charge >= 0.3 is 0 Å². The molecule has 0 unspecified atom stereocenters. The molecule has 8 heteroatoms. The van der Waals surface area contributed by atoms with Crippen LogP contribution >= 0.6 is 23.1 Å². The standard InChI is InChI=1S/C23H24FN3O2S2/c1-29-20-6-2-17(3-7-20)23-25-19(15-31-23)14-26-10-12-27(13-11-26)22(28)16-30-21-8-4-18(24)5-9-21/h2-9,15H,10-14,16H2,1H3. The molecule has 1 aliphatic heterocycles. The van der Waals surface area contributed by atoms with Gasteiger partial charge in [0.15, 0.2) is 0 Å². The Morgan fingerprint density at radius 2 is 1.81 bits per heavy atom. The van der Waals surface area contributed by atoms with Crippen molar-refractivity contribution in [3.63, 3.8) is 0 Å². The first-order valence-electron chi connectivity index (χ1n) is 10.1. The van der Waals surface area contributed by atoms with Crippen molar-refractivity contribution in [2.75, 3.05) is 39.0 Å². The number of nitrogens with zero attached hydrogens (tertiary/aromatic N) is 3. The molecule has 2 heterocycles. The van der Waals surface area contributed by atoms with Gasteiger partial charge in [-0.15, -0.1) is 23.1 Å².